The smallest absolute Gasteiger partial charge is 0.308 e. The molecule has 0 atom stereocenters. The molecule has 0 spiro atoms. The van der Waals surface area contributed by atoms with Gasteiger partial charge >= 0.3 is 23.9 Å². The van der Waals surface area contributed by atoms with Crippen molar-refractivity contribution < 1.29 is 38.1 Å². The van der Waals surface area contributed by atoms with Crippen molar-refractivity contribution in [3.05, 3.63) is 0 Å². The van der Waals surface area contributed by atoms with Gasteiger partial charge in [0.2, 0.25) is 0 Å². The van der Waals surface area contributed by atoms with Crippen LogP contribution in [0.3, 0.4) is 0 Å². The largest absolute Gasteiger partial charge is 0.466 e. The van der Waals surface area contributed by atoms with Crippen LogP contribution in [0, 0.1) is 5.92 Å². The fraction of sp³-hybridized carbons (Fsp3) is 0.810. The van der Waals surface area contributed by atoms with E-state index in [2.05, 4.69) is 18.9 Å². The number of ether oxygens (including phenoxy) is 4. The van der Waals surface area contributed by atoms with Gasteiger partial charge in [-0.15, -0.1) is 0 Å². The van der Waals surface area contributed by atoms with Gasteiger partial charge < -0.3 is 18.9 Å². The zero-order chi connectivity index (χ0) is 23.8. The summed E-state index contributed by atoms with van der Waals surface area (Å²) in [6, 6.07) is 0. The Morgan fingerprint density at radius 2 is 1.21 bits per heavy atom. The van der Waals surface area contributed by atoms with Crippen LogP contribution >= 0.6 is 0 Å². The third-order valence-corrected chi connectivity index (χ3v) is 2.26. The molecule has 0 aromatic rings. The topological polar surface area (TPSA) is 105 Å². The molecule has 0 rings (SSSR count). The third-order valence-electron chi connectivity index (χ3n) is 2.26. The Hall–Kier alpha value is -2.12. The summed E-state index contributed by atoms with van der Waals surface area (Å²) in [5.74, 6) is -0.637. The molecule has 0 radical (unpaired) electrons. The van der Waals surface area contributed by atoms with Gasteiger partial charge in [-0.3, -0.25) is 19.2 Å². The van der Waals surface area contributed by atoms with Crippen molar-refractivity contribution in [3.63, 3.8) is 0 Å². The average molecular weight is 423 g/mol. The van der Waals surface area contributed by atoms with E-state index in [1.54, 1.807) is 20.8 Å². The van der Waals surface area contributed by atoms with Crippen molar-refractivity contribution in [1.29, 1.82) is 0 Å². The minimum atomic E-state index is -0.213. The predicted octanol–water partition coefficient (Wildman–Crippen LogP) is 4.08. The second-order valence-electron chi connectivity index (χ2n) is 6.06. The number of hydrogen-bond donors (Lipinski definition) is 0. The first-order chi connectivity index (χ1) is 13.4. The molecule has 29 heavy (non-hydrogen) atoms. The Morgan fingerprint density at radius 3 is 1.31 bits per heavy atom. The van der Waals surface area contributed by atoms with Crippen LogP contribution in [-0.2, 0) is 38.1 Å². The highest BCUT2D eigenvalue weighted by Gasteiger charge is 2.04. The van der Waals surface area contributed by atoms with Gasteiger partial charge in [-0.1, -0.05) is 27.7 Å². The molecule has 174 valence electrons. The monoisotopic (exact) mass is 422 g/mol. The van der Waals surface area contributed by atoms with E-state index in [4.69, 9.17) is 0 Å². The fourth-order valence-electron chi connectivity index (χ4n) is 1.15. The highest BCUT2D eigenvalue weighted by atomic mass is 16.5. The fourth-order valence-corrected chi connectivity index (χ4v) is 1.15. The van der Waals surface area contributed by atoms with Crippen molar-refractivity contribution in [2.24, 2.45) is 5.92 Å². The van der Waals surface area contributed by atoms with Crippen molar-refractivity contribution in [3.8, 4) is 0 Å². The van der Waals surface area contributed by atoms with Crippen LogP contribution in [0.5, 0.6) is 0 Å². The molecule has 0 aromatic carbocycles. The molecule has 0 aromatic heterocycles. The van der Waals surface area contributed by atoms with Crippen molar-refractivity contribution in [2.45, 2.75) is 88.2 Å². The van der Waals surface area contributed by atoms with Gasteiger partial charge in [0, 0.05) is 20.3 Å². The summed E-state index contributed by atoms with van der Waals surface area (Å²) >= 11 is 0. The van der Waals surface area contributed by atoms with E-state index in [1.165, 1.54) is 13.8 Å². The van der Waals surface area contributed by atoms with Crippen LogP contribution in [0.4, 0.5) is 0 Å². The van der Waals surface area contributed by atoms with Gasteiger partial charge in [0.1, 0.15) is 0 Å². The summed E-state index contributed by atoms with van der Waals surface area (Å²) in [6.45, 7) is 19.0. The molecule has 0 bridgehead atoms. The SMILES string of the molecule is CC(=O)OC(C)C.CCCOC(C)=O.CCOC(=O)C(C)C.CCOC(=O)CC. The summed E-state index contributed by atoms with van der Waals surface area (Å²) < 4.78 is 18.4. The highest BCUT2D eigenvalue weighted by molar-refractivity contribution is 5.71. The van der Waals surface area contributed by atoms with Gasteiger partial charge in [-0.2, -0.15) is 0 Å². The summed E-state index contributed by atoms with van der Waals surface area (Å²) in [5.41, 5.74) is 0. The lowest BCUT2D eigenvalue weighted by atomic mass is 10.2. The molecule has 0 heterocycles. The molecule has 0 N–H and O–H groups in total. The molecule has 0 saturated heterocycles. The van der Waals surface area contributed by atoms with Crippen molar-refractivity contribution in [2.75, 3.05) is 19.8 Å². The number of hydrogen-bond acceptors (Lipinski definition) is 8. The van der Waals surface area contributed by atoms with Gasteiger partial charge in [-0.05, 0) is 34.1 Å². The van der Waals surface area contributed by atoms with Crippen LogP contribution in [-0.4, -0.2) is 49.8 Å². The van der Waals surface area contributed by atoms with Crippen molar-refractivity contribution >= 4 is 23.9 Å². The van der Waals surface area contributed by atoms with Gasteiger partial charge in [0.15, 0.2) is 0 Å². The van der Waals surface area contributed by atoms with E-state index in [1.807, 2.05) is 34.6 Å². The zero-order valence-electron chi connectivity index (χ0n) is 20.0. The molecule has 0 aliphatic carbocycles. The molecule has 8 nitrogen and oxygen atoms in total. The zero-order valence-corrected chi connectivity index (χ0v) is 20.0. The second kappa shape index (κ2) is 25.9. The quantitative estimate of drug-likeness (QED) is 0.446. The summed E-state index contributed by atoms with van der Waals surface area (Å²) in [6.07, 6.45) is 1.41. The van der Waals surface area contributed by atoms with Crippen LogP contribution in [0.25, 0.3) is 0 Å². The Kier molecular flexibility index (Phi) is 30.7. The summed E-state index contributed by atoms with van der Waals surface area (Å²) in [7, 11) is 0. The Balaban J connectivity index is -0.000000144. The van der Waals surface area contributed by atoms with Crippen molar-refractivity contribution in [1.82, 2.24) is 0 Å². The molecular weight excluding hydrogens is 380 g/mol. The van der Waals surface area contributed by atoms with E-state index in [0.717, 1.165) is 6.42 Å². The maximum atomic E-state index is 10.5. The first-order valence-corrected chi connectivity index (χ1v) is 10.0. The highest BCUT2D eigenvalue weighted by Crippen LogP contribution is 1.93. The lowest BCUT2D eigenvalue weighted by Gasteiger charge is -2.01. The number of rotatable bonds is 7. The third kappa shape index (κ3) is 46.2. The minimum Gasteiger partial charge on any atom is -0.466 e. The number of carbonyl (C=O) groups is 4. The first-order valence-electron chi connectivity index (χ1n) is 10.0. The number of esters is 4. The standard InChI is InChI=1S/C6H12O2.3C5H10O2/c1-4-8-6(7)5(2)3;1-4(2)7-5(3)6;1-3-4-7-5(2)6;1-3-5(6)7-4-2/h5H,4H2,1-3H3;4H,1-3H3;2*3-4H2,1-2H3. The molecule has 8 heteroatoms. The molecule has 0 saturated carbocycles. The second-order valence-corrected chi connectivity index (χ2v) is 6.06. The molecule has 0 amide bonds. The van der Waals surface area contributed by atoms with Crippen LogP contribution in [0.15, 0.2) is 0 Å². The lowest BCUT2D eigenvalue weighted by molar-refractivity contribution is -0.147. The van der Waals surface area contributed by atoms with E-state index in [0.29, 0.717) is 26.2 Å². The van der Waals surface area contributed by atoms with Gasteiger partial charge in [0.05, 0.1) is 31.8 Å². The van der Waals surface area contributed by atoms with Gasteiger partial charge in [0.25, 0.3) is 0 Å². The summed E-state index contributed by atoms with van der Waals surface area (Å²) in [5, 5.41) is 0. The normalized spacial score (nSPS) is 8.83. The van der Waals surface area contributed by atoms with Crippen LogP contribution < -0.4 is 0 Å². The Morgan fingerprint density at radius 1 is 0.724 bits per heavy atom. The molecule has 0 aliphatic rings. The van der Waals surface area contributed by atoms with E-state index >= 15 is 0 Å². The van der Waals surface area contributed by atoms with Crippen LogP contribution in [0.2, 0.25) is 0 Å². The van der Waals surface area contributed by atoms with Crippen LogP contribution in [0.1, 0.15) is 82.1 Å². The average Bonchev–Trinajstić information content (AvgIpc) is 2.60. The molecule has 0 aliphatic heterocycles. The Bertz CT molecular complexity index is 417. The van der Waals surface area contributed by atoms with E-state index in [9.17, 15) is 19.2 Å². The maximum Gasteiger partial charge on any atom is 0.308 e. The Labute approximate surface area is 176 Å². The van der Waals surface area contributed by atoms with Gasteiger partial charge in [-0.25, -0.2) is 0 Å². The number of carbonyl (C=O) groups excluding carboxylic acids is 4. The van der Waals surface area contributed by atoms with E-state index in [-0.39, 0.29) is 35.9 Å². The maximum absolute atomic E-state index is 10.5. The van der Waals surface area contributed by atoms with E-state index < -0.39 is 0 Å². The lowest BCUT2D eigenvalue weighted by Crippen LogP contribution is -2.10. The minimum absolute atomic E-state index is 0.00921. The molecular formula is C21H42O8. The first kappa shape index (κ1) is 34.4. The molecule has 0 unspecified atom stereocenters. The molecule has 0 fully saturated rings. The summed E-state index contributed by atoms with van der Waals surface area (Å²) in [4.78, 5) is 40.7. The predicted molar refractivity (Wildman–Crippen MR) is 112 cm³/mol.